The van der Waals surface area contributed by atoms with Crippen molar-refractivity contribution in [1.29, 1.82) is 0 Å². The highest BCUT2D eigenvalue weighted by molar-refractivity contribution is 6.06. The van der Waals surface area contributed by atoms with Crippen LogP contribution >= 0.6 is 0 Å². The van der Waals surface area contributed by atoms with Crippen LogP contribution in [0.2, 0.25) is 0 Å². The molecule has 1 aliphatic heterocycles. The second kappa shape index (κ2) is 6.75. The monoisotopic (exact) mass is 309 g/mol. The number of methoxy groups -OCH3 is 1. The molecule has 1 unspecified atom stereocenters. The lowest BCUT2D eigenvalue weighted by molar-refractivity contribution is -0.139. The summed E-state index contributed by atoms with van der Waals surface area (Å²) in [5.41, 5.74) is 3.98. The number of Topliss-reactive ketones (excluding diaryl/α,β-unsaturated/α-hetero) is 1. The van der Waals surface area contributed by atoms with Gasteiger partial charge in [0.05, 0.1) is 13.2 Å². The van der Waals surface area contributed by atoms with Crippen molar-refractivity contribution in [2.24, 2.45) is 0 Å². The number of carbonyl (C=O) groups excluding carboxylic acids is 2. The lowest BCUT2D eigenvalue weighted by Crippen LogP contribution is -2.31. The van der Waals surface area contributed by atoms with Crippen LogP contribution in [0, 0.1) is 0 Å². The van der Waals surface area contributed by atoms with E-state index >= 15 is 0 Å². The molecule has 2 aromatic rings. The number of ether oxygens (including phenoxy) is 1. The van der Waals surface area contributed by atoms with Crippen LogP contribution in [0.4, 0.5) is 0 Å². The highest BCUT2D eigenvalue weighted by Gasteiger charge is 2.25. The lowest BCUT2D eigenvalue weighted by Gasteiger charge is -2.28. The summed E-state index contributed by atoms with van der Waals surface area (Å²) in [5.74, 6) is -0.723. The minimum atomic E-state index is -0.512. The molecule has 4 heteroatoms. The van der Waals surface area contributed by atoms with Gasteiger partial charge in [-0.1, -0.05) is 48.5 Å². The Balaban J connectivity index is 1.99. The fraction of sp³-hybridized carbons (Fsp3) is 0.263. The number of rotatable bonds is 4. The van der Waals surface area contributed by atoms with Crippen molar-refractivity contribution in [2.75, 3.05) is 13.7 Å². The highest BCUT2D eigenvalue weighted by atomic mass is 16.5. The van der Waals surface area contributed by atoms with Gasteiger partial charge in [-0.25, -0.2) is 0 Å². The summed E-state index contributed by atoms with van der Waals surface area (Å²) in [6, 6.07) is 15.7. The van der Waals surface area contributed by atoms with Crippen molar-refractivity contribution in [2.45, 2.75) is 18.9 Å². The molecule has 0 saturated heterocycles. The smallest absolute Gasteiger partial charge is 0.313 e. The van der Waals surface area contributed by atoms with Gasteiger partial charge in [-0.05, 0) is 23.1 Å². The molecule has 0 bridgehead atoms. The fourth-order valence-electron chi connectivity index (χ4n) is 3.08. The van der Waals surface area contributed by atoms with E-state index in [-0.39, 0.29) is 18.2 Å². The molecule has 0 fully saturated rings. The van der Waals surface area contributed by atoms with Crippen LogP contribution in [0.1, 0.15) is 39.5 Å². The Morgan fingerprint density at radius 3 is 2.57 bits per heavy atom. The molecular formula is C19H19NO3. The predicted molar refractivity (Wildman–Crippen MR) is 87.4 cm³/mol. The average Bonchev–Trinajstić information content (AvgIpc) is 2.61. The van der Waals surface area contributed by atoms with Crippen LogP contribution in [-0.2, 0) is 16.0 Å². The van der Waals surface area contributed by atoms with Crippen molar-refractivity contribution < 1.29 is 14.3 Å². The Bertz CT molecular complexity index is 739. The number of benzene rings is 2. The van der Waals surface area contributed by atoms with E-state index in [1.807, 2.05) is 30.3 Å². The Kier molecular flexibility index (Phi) is 4.53. The third-order valence-electron chi connectivity index (χ3n) is 4.21. The zero-order valence-electron chi connectivity index (χ0n) is 13.0. The van der Waals surface area contributed by atoms with Crippen LogP contribution in [0.25, 0.3) is 0 Å². The summed E-state index contributed by atoms with van der Waals surface area (Å²) in [7, 11) is 1.29. The summed E-state index contributed by atoms with van der Waals surface area (Å²) in [5, 5.41) is 3.49. The molecule has 23 heavy (non-hydrogen) atoms. The molecule has 0 aromatic heterocycles. The van der Waals surface area contributed by atoms with Gasteiger partial charge in [0.2, 0.25) is 0 Å². The molecule has 4 nitrogen and oxygen atoms in total. The van der Waals surface area contributed by atoms with E-state index in [9.17, 15) is 9.59 Å². The summed E-state index contributed by atoms with van der Waals surface area (Å²) < 4.78 is 4.61. The van der Waals surface area contributed by atoms with E-state index < -0.39 is 5.97 Å². The summed E-state index contributed by atoms with van der Waals surface area (Å²) in [6.07, 6.45) is 0.743. The second-order valence-electron chi connectivity index (χ2n) is 5.60. The molecule has 0 spiro atoms. The van der Waals surface area contributed by atoms with Crippen LogP contribution in [0.5, 0.6) is 0 Å². The minimum absolute atomic E-state index is 0.0299. The molecule has 0 amide bonds. The van der Waals surface area contributed by atoms with Crippen molar-refractivity contribution in [3.63, 3.8) is 0 Å². The zero-order valence-corrected chi connectivity index (χ0v) is 13.0. The Hall–Kier alpha value is -2.46. The van der Waals surface area contributed by atoms with Gasteiger partial charge in [0.1, 0.15) is 6.42 Å². The van der Waals surface area contributed by atoms with E-state index in [0.29, 0.717) is 5.56 Å². The van der Waals surface area contributed by atoms with Crippen LogP contribution in [0.3, 0.4) is 0 Å². The zero-order chi connectivity index (χ0) is 16.2. The number of esters is 1. The largest absolute Gasteiger partial charge is 0.469 e. The molecule has 1 aliphatic rings. The number of nitrogens with one attached hydrogen (secondary N) is 1. The molecule has 2 aromatic carbocycles. The molecule has 0 saturated carbocycles. The highest BCUT2D eigenvalue weighted by Crippen LogP contribution is 2.31. The van der Waals surface area contributed by atoms with E-state index in [0.717, 1.165) is 18.5 Å². The Morgan fingerprint density at radius 2 is 1.78 bits per heavy atom. The SMILES string of the molecule is COC(=O)CC(=O)c1ccccc1C1NCCc2ccccc21. The minimum Gasteiger partial charge on any atom is -0.469 e. The first kappa shape index (κ1) is 15.4. The molecule has 1 N–H and O–H groups in total. The molecule has 1 atom stereocenters. The van der Waals surface area contributed by atoms with E-state index in [1.54, 1.807) is 6.07 Å². The third-order valence-corrected chi connectivity index (χ3v) is 4.21. The van der Waals surface area contributed by atoms with E-state index in [1.165, 1.54) is 18.2 Å². The van der Waals surface area contributed by atoms with Crippen molar-refractivity contribution >= 4 is 11.8 Å². The molecular weight excluding hydrogens is 290 g/mol. The summed E-state index contributed by atoms with van der Waals surface area (Å²) in [6.45, 7) is 0.862. The number of fused-ring (bicyclic) bond motifs is 1. The average molecular weight is 309 g/mol. The van der Waals surface area contributed by atoms with Gasteiger partial charge >= 0.3 is 5.97 Å². The number of hydrogen-bond donors (Lipinski definition) is 1. The third kappa shape index (κ3) is 3.17. The van der Waals surface area contributed by atoms with Gasteiger partial charge in [0, 0.05) is 12.1 Å². The fourth-order valence-corrected chi connectivity index (χ4v) is 3.08. The molecule has 0 radical (unpaired) electrons. The Labute approximate surface area is 135 Å². The van der Waals surface area contributed by atoms with Gasteiger partial charge < -0.3 is 10.1 Å². The van der Waals surface area contributed by atoms with Crippen LogP contribution < -0.4 is 5.32 Å². The van der Waals surface area contributed by atoms with Gasteiger partial charge in [-0.15, -0.1) is 0 Å². The van der Waals surface area contributed by atoms with Gasteiger partial charge in [0.15, 0.2) is 5.78 Å². The normalized spacial score (nSPS) is 16.5. The standard InChI is InChI=1S/C19H19NO3/c1-23-18(22)12-17(21)15-8-4-5-9-16(15)19-14-7-3-2-6-13(14)10-11-20-19/h2-9,19-20H,10-12H2,1H3. The van der Waals surface area contributed by atoms with Gasteiger partial charge in [-0.3, -0.25) is 9.59 Å². The molecule has 0 aliphatic carbocycles. The molecule has 1 heterocycles. The topological polar surface area (TPSA) is 55.4 Å². The maximum absolute atomic E-state index is 12.5. The maximum Gasteiger partial charge on any atom is 0.313 e. The predicted octanol–water partition coefficient (Wildman–Crippen LogP) is 2.67. The Morgan fingerprint density at radius 1 is 1.09 bits per heavy atom. The quantitative estimate of drug-likeness (QED) is 0.536. The first-order valence-electron chi connectivity index (χ1n) is 7.71. The van der Waals surface area contributed by atoms with Crippen LogP contribution in [0.15, 0.2) is 48.5 Å². The lowest BCUT2D eigenvalue weighted by atomic mass is 9.86. The molecule has 3 rings (SSSR count). The summed E-state index contributed by atoms with van der Waals surface area (Å²) in [4.78, 5) is 23.9. The number of hydrogen-bond acceptors (Lipinski definition) is 4. The van der Waals surface area contributed by atoms with Gasteiger partial charge in [0.25, 0.3) is 0 Å². The van der Waals surface area contributed by atoms with Crippen LogP contribution in [-0.4, -0.2) is 25.4 Å². The van der Waals surface area contributed by atoms with Crippen molar-refractivity contribution in [3.05, 3.63) is 70.8 Å². The second-order valence-corrected chi connectivity index (χ2v) is 5.60. The van der Waals surface area contributed by atoms with Gasteiger partial charge in [-0.2, -0.15) is 0 Å². The van der Waals surface area contributed by atoms with Crippen molar-refractivity contribution in [3.8, 4) is 0 Å². The van der Waals surface area contributed by atoms with Crippen molar-refractivity contribution in [1.82, 2.24) is 5.32 Å². The number of ketones is 1. The number of carbonyl (C=O) groups is 2. The van der Waals surface area contributed by atoms with E-state index in [4.69, 9.17) is 0 Å². The van der Waals surface area contributed by atoms with E-state index in [2.05, 4.69) is 22.2 Å². The summed E-state index contributed by atoms with van der Waals surface area (Å²) >= 11 is 0. The molecule has 118 valence electrons. The maximum atomic E-state index is 12.5. The first-order valence-corrected chi connectivity index (χ1v) is 7.71. The first-order chi connectivity index (χ1) is 11.2.